The van der Waals surface area contributed by atoms with Gasteiger partial charge in [0, 0.05) is 35.8 Å². The van der Waals surface area contributed by atoms with E-state index in [1.54, 1.807) is 49.4 Å². The summed E-state index contributed by atoms with van der Waals surface area (Å²) in [5.74, 6) is 0.390. The molecular weight excluding hydrogens is 632 g/mol. The summed E-state index contributed by atoms with van der Waals surface area (Å²) in [7, 11) is -3.66. The van der Waals surface area contributed by atoms with Gasteiger partial charge in [-0.3, -0.25) is 19.3 Å². The molecular formula is C28H33Cl2F3N4O5S. The Balaban J connectivity index is 0.000000765. The van der Waals surface area contributed by atoms with Crippen LogP contribution in [0.15, 0.2) is 42.5 Å². The van der Waals surface area contributed by atoms with Crippen molar-refractivity contribution in [2.75, 3.05) is 25.4 Å². The minimum atomic E-state index is -4.20. The third-order valence-corrected chi connectivity index (χ3v) is 7.72. The van der Waals surface area contributed by atoms with E-state index in [4.69, 9.17) is 32.5 Å². The number of amides is 1. The van der Waals surface area contributed by atoms with E-state index < -0.39 is 22.7 Å². The quantitative estimate of drug-likeness (QED) is 0.189. The summed E-state index contributed by atoms with van der Waals surface area (Å²) in [5.41, 5.74) is 5.11. The number of piperidine rings is 1. The fourth-order valence-electron chi connectivity index (χ4n) is 4.24. The van der Waals surface area contributed by atoms with Crippen LogP contribution in [0.2, 0.25) is 10.0 Å². The first-order valence-electron chi connectivity index (χ1n) is 13.5. The molecule has 0 atom stereocenters. The van der Waals surface area contributed by atoms with Gasteiger partial charge in [-0.05, 0) is 75.6 Å². The molecule has 236 valence electrons. The average molecular weight is 666 g/mol. The van der Waals surface area contributed by atoms with E-state index in [9.17, 15) is 26.4 Å². The van der Waals surface area contributed by atoms with Crippen LogP contribution in [0, 0.1) is 6.92 Å². The number of nitrogens with one attached hydrogen (secondary N) is 1. The summed E-state index contributed by atoms with van der Waals surface area (Å²) in [4.78, 5) is 17.9. The second kappa shape index (κ2) is 15.2. The van der Waals surface area contributed by atoms with Gasteiger partial charge in [0.05, 0.1) is 23.1 Å². The van der Waals surface area contributed by atoms with E-state index >= 15 is 0 Å². The molecule has 9 nitrogen and oxygen atoms in total. The second-order valence-electron chi connectivity index (χ2n) is 9.75. The number of benzene rings is 2. The minimum absolute atomic E-state index is 0.0462. The number of hydrazine groups is 1. The van der Waals surface area contributed by atoms with Gasteiger partial charge < -0.3 is 4.74 Å². The summed E-state index contributed by atoms with van der Waals surface area (Å²) in [6.07, 6.45) is -2.05. The predicted octanol–water partition coefficient (Wildman–Crippen LogP) is 6.90. The Bertz CT molecular complexity index is 1490. The summed E-state index contributed by atoms with van der Waals surface area (Å²) in [6.45, 7) is 4.69. The highest BCUT2D eigenvalue weighted by molar-refractivity contribution is 7.85. The fraction of sp³-hybridized carbons (Fsp3) is 0.429. The van der Waals surface area contributed by atoms with Gasteiger partial charge in [0.25, 0.3) is 16.0 Å². The number of aromatic nitrogens is 2. The number of carbonyl (C=O) groups excluding carboxylic acids is 1. The Labute approximate surface area is 258 Å². The Morgan fingerprint density at radius 1 is 1.09 bits per heavy atom. The molecule has 1 aromatic heterocycles. The van der Waals surface area contributed by atoms with Crippen molar-refractivity contribution in [3.05, 3.63) is 63.9 Å². The largest absolute Gasteiger partial charge is 0.494 e. The second-order valence-corrected chi connectivity index (χ2v) is 12.3. The standard InChI is InChI=1S/C26H27Cl2F3N4O2.C2H6O3S/c1-17-23(25(36)33-34-13-3-2-4-14-34)32-24(21-11-6-18(27)16-22(21)28)35(17)19-7-9-20(10-8-19)37-15-5-12-26(29,30)31;1-2-6(3,4)5/h6-11,16H,2-5,12-15H2,1H3,(H,33,36);2H2,1H3,(H,3,4,5). The van der Waals surface area contributed by atoms with Crippen molar-refractivity contribution >= 4 is 39.2 Å². The summed E-state index contributed by atoms with van der Waals surface area (Å²) < 4.78 is 71.3. The van der Waals surface area contributed by atoms with Crippen molar-refractivity contribution in [2.45, 2.75) is 52.1 Å². The van der Waals surface area contributed by atoms with Crippen LogP contribution >= 0.6 is 23.2 Å². The Kier molecular flexibility index (Phi) is 12.3. The topological polar surface area (TPSA) is 114 Å². The maximum Gasteiger partial charge on any atom is 0.389 e. The minimum Gasteiger partial charge on any atom is -0.494 e. The van der Waals surface area contributed by atoms with Gasteiger partial charge in [-0.1, -0.05) is 29.6 Å². The van der Waals surface area contributed by atoms with Crippen LogP contribution in [-0.4, -0.2) is 65.1 Å². The van der Waals surface area contributed by atoms with Gasteiger partial charge in [-0.15, -0.1) is 0 Å². The zero-order chi connectivity index (χ0) is 31.8. The molecule has 15 heteroatoms. The zero-order valence-electron chi connectivity index (χ0n) is 23.6. The smallest absolute Gasteiger partial charge is 0.389 e. The molecule has 0 unspecified atom stereocenters. The lowest BCUT2D eigenvalue weighted by Gasteiger charge is -2.26. The van der Waals surface area contributed by atoms with E-state index in [0.717, 1.165) is 32.4 Å². The third kappa shape index (κ3) is 10.7. The normalized spacial score (nSPS) is 14.1. The number of rotatable bonds is 9. The van der Waals surface area contributed by atoms with Gasteiger partial charge in [0.1, 0.15) is 11.6 Å². The number of carbonyl (C=O) groups is 1. The van der Waals surface area contributed by atoms with E-state index in [0.29, 0.717) is 38.6 Å². The number of imidazole rings is 1. The maximum atomic E-state index is 13.2. The van der Waals surface area contributed by atoms with Crippen molar-refractivity contribution < 1.29 is 35.7 Å². The Morgan fingerprint density at radius 3 is 2.28 bits per heavy atom. The SMILES string of the molecule is CCS(=O)(=O)O.Cc1c(C(=O)NN2CCCCC2)nc(-c2ccc(Cl)cc2Cl)n1-c1ccc(OCCCC(F)(F)F)cc1. The van der Waals surface area contributed by atoms with E-state index in [2.05, 4.69) is 10.4 Å². The first-order valence-corrected chi connectivity index (χ1v) is 15.9. The third-order valence-electron chi connectivity index (χ3n) is 6.44. The molecule has 0 radical (unpaired) electrons. The highest BCUT2D eigenvalue weighted by atomic mass is 35.5. The van der Waals surface area contributed by atoms with E-state index in [-0.39, 0.29) is 30.4 Å². The monoisotopic (exact) mass is 664 g/mol. The molecule has 0 spiro atoms. The number of hydrogen-bond donors (Lipinski definition) is 2. The lowest BCUT2D eigenvalue weighted by atomic mass is 10.2. The molecule has 1 aliphatic heterocycles. The zero-order valence-corrected chi connectivity index (χ0v) is 26.0. The first kappa shape index (κ1) is 34.6. The lowest BCUT2D eigenvalue weighted by Crippen LogP contribution is -2.45. The molecule has 4 rings (SSSR count). The van der Waals surface area contributed by atoms with Crippen LogP contribution in [0.25, 0.3) is 17.1 Å². The fourth-order valence-corrected chi connectivity index (χ4v) is 4.73. The number of ether oxygens (including phenoxy) is 1. The average Bonchev–Trinajstić information content (AvgIpc) is 3.28. The van der Waals surface area contributed by atoms with Crippen LogP contribution in [0.3, 0.4) is 0 Å². The molecule has 0 bridgehead atoms. The van der Waals surface area contributed by atoms with Crippen molar-refractivity contribution in [1.29, 1.82) is 0 Å². The molecule has 1 amide bonds. The summed E-state index contributed by atoms with van der Waals surface area (Å²) >= 11 is 12.6. The molecule has 2 aromatic carbocycles. The Hall–Kier alpha value is -2.84. The molecule has 2 heterocycles. The van der Waals surface area contributed by atoms with Crippen molar-refractivity contribution in [1.82, 2.24) is 20.0 Å². The van der Waals surface area contributed by atoms with Gasteiger partial charge in [-0.2, -0.15) is 21.6 Å². The molecule has 3 aromatic rings. The van der Waals surface area contributed by atoms with Crippen LogP contribution in [0.1, 0.15) is 55.2 Å². The van der Waals surface area contributed by atoms with E-state index in [1.807, 2.05) is 9.58 Å². The highest BCUT2D eigenvalue weighted by Crippen LogP contribution is 2.34. The van der Waals surface area contributed by atoms with Crippen molar-refractivity contribution in [2.24, 2.45) is 0 Å². The van der Waals surface area contributed by atoms with Gasteiger partial charge in [-0.25, -0.2) is 9.99 Å². The molecule has 1 saturated heterocycles. The summed E-state index contributed by atoms with van der Waals surface area (Å²) in [6, 6.07) is 11.9. The Morgan fingerprint density at radius 2 is 1.72 bits per heavy atom. The summed E-state index contributed by atoms with van der Waals surface area (Å²) in [5, 5.41) is 2.76. The lowest BCUT2D eigenvalue weighted by molar-refractivity contribution is -0.136. The molecule has 0 saturated carbocycles. The van der Waals surface area contributed by atoms with Gasteiger partial charge >= 0.3 is 6.18 Å². The van der Waals surface area contributed by atoms with Crippen LogP contribution in [-0.2, 0) is 10.1 Å². The van der Waals surface area contributed by atoms with Crippen molar-refractivity contribution in [3.63, 3.8) is 0 Å². The molecule has 0 aliphatic carbocycles. The molecule has 43 heavy (non-hydrogen) atoms. The number of nitrogens with zero attached hydrogens (tertiary/aromatic N) is 3. The molecule has 1 aliphatic rings. The van der Waals surface area contributed by atoms with Crippen LogP contribution < -0.4 is 10.2 Å². The molecule has 1 fully saturated rings. The van der Waals surface area contributed by atoms with Crippen LogP contribution in [0.4, 0.5) is 13.2 Å². The number of hydrogen-bond acceptors (Lipinski definition) is 6. The first-order chi connectivity index (χ1) is 20.2. The van der Waals surface area contributed by atoms with Gasteiger partial charge in [0.15, 0.2) is 5.69 Å². The maximum absolute atomic E-state index is 13.2. The number of halogens is 5. The predicted molar refractivity (Wildman–Crippen MR) is 160 cm³/mol. The number of alkyl halides is 3. The molecule has 2 N–H and O–H groups in total. The highest BCUT2D eigenvalue weighted by Gasteiger charge is 2.26. The van der Waals surface area contributed by atoms with Crippen LogP contribution in [0.5, 0.6) is 5.75 Å². The van der Waals surface area contributed by atoms with Gasteiger partial charge in [0.2, 0.25) is 0 Å². The van der Waals surface area contributed by atoms with E-state index in [1.165, 1.54) is 6.92 Å². The van der Waals surface area contributed by atoms with Crippen molar-refractivity contribution in [3.8, 4) is 22.8 Å².